The van der Waals surface area contributed by atoms with Crippen LogP contribution < -0.4 is 5.32 Å². The molecule has 0 unspecified atom stereocenters. The van der Waals surface area contributed by atoms with E-state index in [4.69, 9.17) is 4.52 Å². The first kappa shape index (κ1) is 18.0. The van der Waals surface area contributed by atoms with E-state index in [-0.39, 0.29) is 11.9 Å². The molecule has 0 radical (unpaired) electrons. The van der Waals surface area contributed by atoms with Gasteiger partial charge in [-0.05, 0) is 43.5 Å². The van der Waals surface area contributed by atoms with Gasteiger partial charge in [-0.2, -0.15) is 0 Å². The van der Waals surface area contributed by atoms with Crippen LogP contribution in [0, 0.1) is 13.8 Å². The van der Waals surface area contributed by atoms with Gasteiger partial charge in [-0.1, -0.05) is 41.6 Å². The van der Waals surface area contributed by atoms with Gasteiger partial charge >= 0.3 is 0 Å². The minimum absolute atomic E-state index is 0.0152. The third-order valence-corrected chi connectivity index (χ3v) is 5.00. The Kier molecular flexibility index (Phi) is 4.93. The van der Waals surface area contributed by atoms with E-state index in [2.05, 4.69) is 20.4 Å². The van der Waals surface area contributed by atoms with Crippen LogP contribution >= 0.6 is 0 Å². The fourth-order valence-corrected chi connectivity index (χ4v) is 3.47. The highest BCUT2D eigenvalue weighted by molar-refractivity contribution is 5.79. The second kappa shape index (κ2) is 7.68. The van der Waals surface area contributed by atoms with Crippen LogP contribution in [0.15, 0.2) is 59.4 Å². The standard InChI is InChI=1S/C22H22N4O2/c1-14-18(15(2)28-26-14)9-11-21(27)25-22(16-6-4-3-5-7-16)17-8-10-19-20(12-17)24-13-23-19/h3-8,10,12-13,22H,9,11H2,1-2H3,(H,23,24)(H,25,27)/t22-/m1/s1. The summed E-state index contributed by atoms with van der Waals surface area (Å²) in [6, 6.07) is 15.8. The summed E-state index contributed by atoms with van der Waals surface area (Å²) in [4.78, 5) is 20.2. The summed E-state index contributed by atoms with van der Waals surface area (Å²) in [5.41, 5.74) is 5.74. The lowest BCUT2D eigenvalue weighted by molar-refractivity contribution is -0.121. The molecule has 0 spiro atoms. The zero-order valence-electron chi connectivity index (χ0n) is 15.9. The van der Waals surface area contributed by atoms with E-state index in [1.54, 1.807) is 6.33 Å². The number of nitrogens with zero attached hydrogens (tertiary/aromatic N) is 2. The SMILES string of the molecule is Cc1noc(C)c1CCC(=O)N[C@H](c1ccccc1)c1ccc2nc[nH]c2c1. The molecule has 0 fully saturated rings. The Morgan fingerprint density at radius 1 is 1.14 bits per heavy atom. The highest BCUT2D eigenvalue weighted by Crippen LogP contribution is 2.25. The van der Waals surface area contributed by atoms with Crippen LogP contribution in [0.1, 0.15) is 40.6 Å². The first-order valence-corrected chi connectivity index (χ1v) is 9.31. The molecule has 2 aromatic carbocycles. The van der Waals surface area contributed by atoms with Crippen LogP contribution in [0.25, 0.3) is 11.0 Å². The van der Waals surface area contributed by atoms with Crippen LogP contribution in [0.2, 0.25) is 0 Å². The maximum Gasteiger partial charge on any atom is 0.221 e. The Hall–Kier alpha value is -3.41. The molecule has 2 N–H and O–H groups in total. The van der Waals surface area contributed by atoms with Crippen molar-refractivity contribution in [2.75, 3.05) is 0 Å². The molecule has 2 aromatic heterocycles. The van der Waals surface area contributed by atoms with E-state index < -0.39 is 0 Å². The number of benzene rings is 2. The first-order chi connectivity index (χ1) is 13.6. The molecule has 2 heterocycles. The van der Waals surface area contributed by atoms with Gasteiger partial charge in [-0.3, -0.25) is 4.79 Å². The molecule has 0 bridgehead atoms. The normalized spacial score (nSPS) is 12.2. The molecule has 4 aromatic rings. The van der Waals surface area contributed by atoms with Crippen molar-refractivity contribution in [3.8, 4) is 0 Å². The van der Waals surface area contributed by atoms with Gasteiger partial charge in [0.15, 0.2) is 0 Å². The topological polar surface area (TPSA) is 83.8 Å². The van der Waals surface area contributed by atoms with E-state index >= 15 is 0 Å². The number of imidazole rings is 1. The Bertz CT molecular complexity index is 1080. The molecule has 142 valence electrons. The van der Waals surface area contributed by atoms with Crippen LogP contribution in [0.5, 0.6) is 0 Å². The van der Waals surface area contributed by atoms with Crippen molar-refractivity contribution in [2.24, 2.45) is 0 Å². The zero-order chi connectivity index (χ0) is 19.5. The van der Waals surface area contributed by atoms with Crippen molar-refractivity contribution in [1.82, 2.24) is 20.4 Å². The van der Waals surface area contributed by atoms with E-state index in [9.17, 15) is 4.79 Å². The lowest BCUT2D eigenvalue weighted by atomic mass is 9.97. The minimum atomic E-state index is -0.230. The number of hydrogen-bond donors (Lipinski definition) is 2. The van der Waals surface area contributed by atoms with Crippen molar-refractivity contribution in [3.63, 3.8) is 0 Å². The highest BCUT2D eigenvalue weighted by atomic mass is 16.5. The number of aromatic nitrogens is 3. The number of aromatic amines is 1. The van der Waals surface area contributed by atoms with E-state index in [1.807, 2.05) is 62.4 Å². The second-order valence-electron chi connectivity index (χ2n) is 6.89. The summed E-state index contributed by atoms with van der Waals surface area (Å²) in [5.74, 6) is 0.758. The Morgan fingerprint density at radius 3 is 2.71 bits per heavy atom. The lowest BCUT2D eigenvalue weighted by Crippen LogP contribution is -2.29. The molecule has 0 saturated carbocycles. The summed E-state index contributed by atoms with van der Waals surface area (Å²) in [6.07, 6.45) is 2.65. The molecule has 0 aliphatic rings. The quantitative estimate of drug-likeness (QED) is 0.534. The van der Waals surface area contributed by atoms with E-state index in [1.165, 1.54) is 0 Å². The number of fused-ring (bicyclic) bond motifs is 1. The molecule has 0 saturated heterocycles. The van der Waals surface area contributed by atoms with Crippen LogP contribution in [-0.2, 0) is 11.2 Å². The number of rotatable bonds is 6. The van der Waals surface area contributed by atoms with Gasteiger partial charge in [0.25, 0.3) is 0 Å². The molecular formula is C22H22N4O2. The number of amides is 1. The maximum atomic E-state index is 12.7. The highest BCUT2D eigenvalue weighted by Gasteiger charge is 2.18. The van der Waals surface area contributed by atoms with E-state index in [0.29, 0.717) is 12.8 Å². The van der Waals surface area contributed by atoms with Crippen molar-refractivity contribution in [2.45, 2.75) is 32.7 Å². The van der Waals surface area contributed by atoms with Gasteiger partial charge in [0.05, 0.1) is 29.1 Å². The Morgan fingerprint density at radius 2 is 1.96 bits per heavy atom. The smallest absolute Gasteiger partial charge is 0.221 e. The predicted octanol–water partition coefficient (Wildman–Crippen LogP) is 4.01. The van der Waals surface area contributed by atoms with Gasteiger partial charge in [-0.25, -0.2) is 4.98 Å². The summed E-state index contributed by atoms with van der Waals surface area (Å²) in [7, 11) is 0. The third kappa shape index (κ3) is 3.67. The zero-order valence-corrected chi connectivity index (χ0v) is 15.9. The predicted molar refractivity (Wildman–Crippen MR) is 107 cm³/mol. The number of carbonyl (C=O) groups excluding carboxylic acids is 1. The van der Waals surface area contributed by atoms with Crippen LogP contribution in [0.4, 0.5) is 0 Å². The Balaban J connectivity index is 1.56. The summed E-state index contributed by atoms with van der Waals surface area (Å²) in [5, 5.41) is 7.14. The molecule has 1 atom stereocenters. The molecule has 1 amide bonds. The molecular weight excluding hydrogens is 352 g/mol. The third-order valence-electron chi connectivity index (χ3n) is 5.00. The van der Waals surface area contributed by atoms with Crippen molar-refractivity contribution in [3.05, 3.63) is 83.0 Å². The molecule has 4 rings (SSSR count). The van der Waals surface area contributed by atoms with Gasteiger partial charge in [0.2, 0.25) is 5.91 Å². The molecule has 28 heavy (non-hydrogen) atoms. The number of H-pyrrole nitrogens is 1. The van der Waals surface area contributed by atoms with Crippen LogP contribution in [0.3, 0.4) is 0 Å². The average Bonchev–Trinajstić information content (AvgIpc) is 3.31. The molecule has 6 nitrogen and oxygen atoms in total. The number of carbonyl (C=O) groups is 1. The van der Waals surface area contributed by atoms with Gasteiger partial charge < -0.3 is 14.8 Å². The number of aryl methyl sites for hydroxylation is 2. The van der Waals surface area contributed by atoms with Gasteiger partial charge in [-0.15, -0.1) is 0 Å². The van der Waals surface area contributed by atoms with Crippen molar-refractivity contribution < 1.29 is 9.32 Å². The lowest BCUT2D eigenvalue weighted by Gasteiger charge is -2.20. The van der Waals surface area contributed by atoms with E-state index in [0.717, 1.165) is 39.2 Å². The average molecular weight is 374 g/mol. The largest absolute Gasteiger partial charge is 0.361 e. The second-order valence-corrected chi connectivity index (χ2v) is 6.89. The fourth-order valence-electron chi connectivity index (χ4n) is 3.47. The summed E-state index contributed by atoms with van der Waals surface area (Å²) < 4.78 is 5.19. The first-order valence-electron chi connectivity index (χ1n) is 9.31. The monoisotopic (exact) mass is 374 g/mol. The maximum absolute atomic E-state index is 12.7. The fraction of sp³-hybridized carbons (Fsp3) is 0.227. The van der Waals surface area contributed by atoms with Gasteiger partial charge in [0.1, 0.15) is 5.76 Å². The van der Waals surface area contributed by atoms with Crippen LogP contribution in [-0.4, -0.2) is 21.0 Å². The van der Waals surface area contributed by atoms with Gasteiger partial charge in [0, 0.05) is 12.0 Å². The number of nitrogens with one attached hydrogen (secondary N) is 2. The molecule has 0 aliphatic carbocycles. The summed E-state index contributed by atoms with van der Waals surface area (Å²) >= 11 is 0. The van der Waals surface area contributed by atoms with Crippen molar-refractivity contribution >= 4 is 16.9 Å². The molecule has 6 heteroatoms. The van der Waals surface area contributed by atoms with Crippen molar-refractivity contribution in [1.29, 1.82) is 0 Å². The number of hydrogen-bond acceptors (Lipinski definition) is 4. The summed E-state index contributed by atoms with van der Waals surface area (Å²) in [6.45, 7) is 3.77. The Labute approximate surface area is 163 Å². The minimum Gasteiger partial charge on any atom is -0.361 e. The molecule has 0 aliphatic heterocycles.